The number of methoxy groups -OCH3 is 1. The Hall–Kier alpha value is -2.62. The lowest BCUT2D eigenvalue weighted by atomic mass is 9.93. The second-order valence-electron chi connectivity index (χ2n) is 5.12. The van der Waals surface area contributed by atoms with E-state index in [9.17, 15) is 19.2 Å². The van der Waals surface area contributed by atoms with Gasteiger partial charge < -0.3 is 25.2 Å². The van der Waals surface area contributed by atoms with E-state index in [0.717, 1.165) is 0 Å². The molecule has 0 radical (unpaired) electrons. The highest BCUT2D eigenvalue weighted by molar-refractivity contribution is 9.10. The Balaban J connectivity index is 3.35. The van der Waals surface area contributed by atoms with E-state index in [-0.39, 0.29) is 16.9 Å². The number of rotatable bonds is 9. The van der Waals surface area contributed by atoms with Crippen molar-refractivity contribution in [3.8, 4) is 5.75 Å². The minimum atomic E-state index is -1.73. The summed E-state index contributed by atoms with van der Waals surface area (Å²) in [7, 11) is 1.24. The SMILES string of the molecule is COc1c(CC(C(=O)O)C(=O)O)cc(Br)cc1CC(C(=O)O)C(=O)O. The summed E-state index contributed by atoms with van der Waals surface area (Å²) in [6.45, 7) is 0. The van der Waals surface area contributed by atoms with E-state index in [1.807, 2.05) is 0 Å². The molecule has 0 aromatic heterocycles. The Kier molecular flexibility index (Phi) is 6.92. The smallest absolute Gasteiger partial charge is 0.318 e. The van der Waals surface area contributed by atoms with Crippen molar-refractivity contribution in [3.05, 3.63) is 27.7 Å². The molecule has 136 valence electrons. The number of benzene rings is 1. The summed E-state index contributed by atoms with van der Waals surface area (Å²) >= 11 is 3.16. The highest BCUT2D eigenvalue weighted by Crippen LogP contribution is 2.32. The molecule has 0 spiro atoms. The normalized spacial score (nSPS) is 10.7. The lowest BCUT2D eigenvalue weighted by Crippen LogP contribution is -2.27. The highest BCUT2D eigenvalue weighted by Gasteiger charge is 2.31. The fourth-order valence-corrected chi connectivity index (χ4v) is 2.83. The fraction of sp³-hybridized carbons (Fsp3) is 0.333. The van der Waals surface area contributed by atoms with Gasteiger partial charge in [-0.2, -0.15) is 0 Å². The maximum Gasteiger partial charge on any atom is 0.318 e. The summed E-state index contributed by atoms with van der Waals surface area (Å²) in [5.41, 5.74) is 0.410. The van der Waals surface area contributed by atoms with E-state index in [4.69, 9.17) is 25.2 Å². The molecule has 0 fully saturated rings. The second kappa shape index (κ2) is 8.47. The van der Waals surface area contributed by atoms with E-state index in [2.05, 4.69) is 15.9 Å². The second-order valence-corrected chi connectivity index (χ2v) is 6.04. The van der Waals surface area contributed by atoms with Crippen LogP contribution in [-0.4, -0.2) is 51.4 Å². The average Bonchev–Trinajstić information content (AvgIpc) is 2.48. The van der Waals surface area contributed by atoms with Crippen LogP contribution in [0, 0.1) is 11.8 Å². The van der Waals surface area contributed by atoms with Crippen LogP contribution in [0.25, 0.3) is 0 Å². The minimum Gasteiger partial charge on any atom is -0.496 e. The molecule has 0 aliphatic rings. The molecular weight excluding hydrogens is 404 g/mol. The van der Waals surface area contributed by atoms with Gasteiger partial charge in [0.2, 0.25) is 0 Å². The number of hydrogen-bond acceptors (Lipinski definition) is 5. The predicted molar refractivity (Wildman–Crippen MR) is 85.6 cm³/mol. The zero-order chi connectivity index (χ0) is 19.3. The van der Waals surface area contributed by atoms with Crippen molar-refractivity contribution in [2.45, 2.75) is 12.8 Å². The molecule has 0 saturated heterocycles. The van der Waals surface area contributed by atoms with Crippen LogP contribution in [0.1, 0.15) is 11.1 Å². The standard InChI is InChI=1S/C15H15BrO9/c1-25-11-6(4-9(12(17)18)13(19)20)2-8(16)3-7(11)5-10(14(21)22)15(23)24/h2-3,9-10H,4-5H2,1H3,(H,17,18)(H,19,20)(H,21,22)(H,23,24). The third-order valence-corrected chi connectivity index (χ3v) is 3.91. The van der Waals surface area contributed by atoms with E-state index < -0.39 is 48.6 Å². The number of hydrogen-bond donors (Lipinski definition) is 4. The monoisotopic (exact) mass is 418 g/mol. The molecule has 0 unspecified atom stereocenters. The molecule has 10 heteroatoms. The number of carbonyl (C=O) groups is 4. The Bertz CT molecular complexity index is 630. The van der Waals surface area contributed by atoms with Crippen molar-refractivity contribution >= 4 is 39.8 Å². The van der Waals surface area contributed by atoms with Gasteiger partial charge in [0.1, 0.15) is 5.75 Å². The van der Waals surface area contributed by atoms with Crippen molar-refractivity contribution in [3.63, 3.8) is 0 Å². The van der Waals surface area contributed by atoms with Gasteiger partial charge in [-0.1, -0.05) is 15.9 Å². The first kappa shape index (κ1) is 20.4. The molecule has 0 amide bonds. The third kappa shape index (κ3) is 5.18. The predicted octanol–water partition coefficient (Wildman–Crippen LogP) is 1.11. The van der Waals surface area contributed by atoms with Gasteiger partial charge in [-0.25, -0.2) is 0 Å². The Morgan fingerprint density at radius 3 is 1.44 bits per heavy atom. The maximum atomic E-state index is 11.1. The molecule has 0 aliphatic heterocycles. The lowest BCUT2D eigenvalue weighted by molar-refractivity contribution is -0.156. The Labute approximate surface area is 150 Å². The van der Waals surface area contributed by atoms with E-state index in [1.165, 1.54) is 19.2 Å². The van der Waals surface area contributed by atoms with Gasteiger partial charge in [-0.15, -0.1) is 0 Å². The van der Waals surface area contributed by atoms with E-state index in [0.29, 0.717) is 4.47 Å². The van der Waals surface area contributed by atoms with Crippen LogP contribution in [-0.2, 0) is 32.0 Å². The van der Waals surface area contributed by atoms with Crippen LogP contribution in [0.3, 0.4) is 0 Å². The molecule has 0 aliphatic carbocycles. The number of halogens is 1. The average molecular weight is 419 g/mol. The number of aliphatic carboxylic acids is 4. The van der Waals surface area contributed by atoms with Crippen LogP contribution in [0.4, 0.5) is 0 Å². The van der Waals surface area contributed by atoms with Crippen LogP contribution in [0.2, 0.25) is 0 Å². The number of ether oxygens (including phenoxy) is 1. The molecule has 0 atom stereocenters. The summed E-state index contributed by atoms with van der Waals surface area (Å²) in [6, 6.07) is 2.88. The number of carboxylic acid groups (broad SMARTS) is 4. The Morgan fingerprint density at radius 1 is 0.880 bits per heavy atom. The van der Waals surface area contributed by atoms with Crippen molar-refractivity contribution in [2.24, 2.45) is 11.8 Å². The molecule has 1 aromatic rings. The molecule has 1 aromatic carbocycles. The Morgan fingerprint density at radius 2 is 1.20 bits per heavy atom. The van der Waals surface area contributed by atoms with E-state index >= 15 is 0 Å². The van der Waals surface area contributed by atoms with Gasteiger partial charge in [-0.3, -0.25) is 19.2 Å². The third-order valence-electron chi connectivity index (χ3n) is 3.45. The van der Waals surface area contributed by atoms with Gasteiger partial charge in [0.15, 0.2) is 11.8 Å². The van der Waals surface area contributed by atoms with E-state index in [1.54, 1.807) is 0 Å². The zero-order valence-corrected chi connectivity index (χ0v) is 14.5. The van der Waals surface area contributed by atoms with Crippen LogP contribution in [0.5, 0.6) is 5.75 Å². The molecule has 4 N–H and O–H groups in total. The van der Waals surface area contributed by atoms with Crippen LogP contribution >= 0.6 is 15.9 Å². The lowest BCUT2D eigenvalue weighted by Gasteiger charge is -2.17. The molecular formula is C15H15BrO9. The van der Waals surface area contributed by atoms with Crippen molar-refractivity contribution < 1.29 is 44.3 Å². The molecule has 0 heterocycles. The van der Waals surface area contributed by atoms with Crippen LogP contribution in [0.15, 0.2) is 16.6 Å². The van der Waals surface area contributed by atoms with Gasteiger partial charge in [-0.05, 0) is 23.3 Å². The molecule has 25 heavy (non-hydrogen) atoms. The summed E-state index contributed by atoms with van der Waals surface area (Å²) in [4.78, 5) is 44.3. The van der Waals surface area contributed by atoms with Gasteiger partial charge in [0.25, 0.3) is 0 Å². The summed E-state index contributed by atoms with van der Waals surface area (Å²) < 4.78 is 5.56. The van der Waals surface area contributed by atoms with Gasteiger partial charge in [0, 0.05) is 17.3 Å². The summed E-state index contributed by atoms with van der Waals surface area (Å²) in [5.74, 6) is -9.55. The maximum absolute atomic E-state index is 11.1. The quantitative estimate of drug-likeness (QED) is 0.430. The minimum absolute atomic E-state index is 0.0585. The molecule has 9 nitrogen and oxygen atoms in total. The van der Waals surface area contributed by atoms with Crippen molar-refractivity contribution in [1.82, 2.24) is 0 Å². The first-order valence-electron chi connectivity index (χ1n) is 6.85. The molecule has 1 rings (SSSR count). The first-order valence-corrected chi connectivity index (χ1v) is 7.64. The summed E-state index contributed by atoms with van der Waals surface area (Å²) in [6.07, 6.45) is -0.823. The fourth-order valence-electron chi connectivity index (χ4n) is 2.28. The van der Waals surface area contributed by atoms with Gasteiger partial charge in [0.05, 0.1) is 7.11 Å². The topological polar surface area (TPSA) is 158 Å². The first-order chi connectivity index (χ1) is 11.6. The largest absolute Gasteiger partial charge is 0.496 e. The van der Waals surface area contributed by atoms with Gasteiger partial charge >= 0.3 is 23.9 Å². The highest BCUT2D eigenvalue weighted by atomic mass is 79.9. The van der Waals surface area contributed by atoms with Crippen molar-refractivity contribution in [1.29, 1.82) is 0 Å². The number of carboxylic acids is 4. The zero-order valence-electron chi connectivity index (χ0n) is 12.9. The van der Waals surface area contributed by atoms with Crippen molar-refractivity contribution in [2.75, 3.05) is 7.11 Å². The summed E-state index contributed by atoms with van der Waals surface area (Å²) in [5, 5.41) is 36.0. The molecule has 0 saturated carbocycles. The van der Waals surface area contributed by atoms with Crippen LogP contribution < -0.4 is 4.74 Å². The molecule has 0 bridgehead atoms.